The number of para-hydroxylation sites is 2. The van der Waals surface area contributed by atoms with Gasteiger partial charge >= 0.3 is 30.1 Å². The summed E-state index contributed by atoms with van der Waals surface area (Å²) in [6.45, 7) is 7.13. The van der Waals surface area contributed by atoms with Crippen molar-refractivity contribution >= 4 is 47.2 Å². The van der Waals surface area contributed by atoms with Gasteiger partial charge in [0.25, 0.3) is 0 Å². The highest BCUT2D eigenvalue weighted by molar-refractivity contribution is 6.38. The zero-order valence-corrected chi connectivity index (χ0v) is 23.9. The average molecular weight is 578 g/mol. The Morgan fingerprint density at radius 1 is 0.929 bits per heavy atom. The minimum Gasteiger partial charge on any atom is -0.461 e. The lowest BCUT2D eigenvalue weighted by Crippen LogP contribution is -2.37. The van der Waals surface area contributed by atoms with E-state index in [9.17, 15) is 19.2 Å². The van der Waals surface area contributed by atoms with E-state index >= 15 is 0 Å². The molecule has 0 aromatic heterocycles. The molecule has 0 saturated carbocycles. The Labute approximate surface area is 244 Å². The third-order valence-corrected chi connectivity index (χ3v) is 6.08. The Balaban J connectivity index is 1.81. The smallest absolute Gasteiger partial charge is 0.461 e. The van der Waals surface area contributed by atoms with E-state index < -0.39 is 35.8 Å². The molecular weight excluding hydrogens is 544 g/mol. The SMILES string of the molecule is C/C=C/COC(=O)c1ccccc1N1N=C(C(=O)OCC)[C@@H](COC(=O)c2ccccc2NN=[C+]C(=O)OCC)[C@@H]1C. The fourth-order valence-electron chi connectivity index (χ4n) is 4.01. The number of carbonyl (C=O) groups excluding carboxylic acids is 4. The fourth-order valence-corrected chi connectivity index (χ4v) is 4.01. The molecule has 1 aliphatic heterocycles. The number of esters is 4. The Hall–Kier alpha value is -5.09. The van der Waals surface area contributed by atoms with Crippen LogP contribution in [0.5, 0.6) is 0 Å². The summed E-state index contributed by atoms with van der Waals surface area (Å²) < 4.78 is 20.9. The molecule has 0 radical (unpaired) electrons. The molecule has 0 spiro atoms. The second-order valence-electron chi connectivity index (χ2n) is 8.78. The summed E-state index contributed by atoms with van der Waals surface area (Å²) in [6, 6.07) is 12.6. The standard InChI is InChI=1S/C30H32N4O8/c1-5-8-17-41-29(37)22-14-10-12-16-25(22)34-20(4)23(27(33-34)30(38)40-7-3)19-42-28(36)21-13-9-11-15-24(21)32-31-18-26(35)39-6-2/h5,8-16,20,23H,6-7,17,19H2,1-4H3/p+1/b8-5+/t20-,23-/m0/s1. The maximum absolute atomic E-state index is 13.1. The minimum absolute atomic E-state index is 0.0503. The van der Waals surface area contributed by atoms with Gasteiger partial charge in [-0.25, -0.2) is 19.8 Å². The van der Waals surface area contributed by atoms with Gasteiger partial charge in [0.15, 0.2) is 5.71 Å². The van der Waals surface area contributed by atoms with Crippen LogP contribution in [0, 0.1) is 5.92 Å². The lowest BCUT2D eigenvalue weighted by molar-refractivity contribution is -0.136. The van der Waals surface area contributed by atoms with Crippen molar-refractivity contribution < 1.29 is 38.1 Å². The number of anilines is 2. The van der Waals surface area contributed by atoms with E-state index in [2.05, 4.69) is 21.8 Å². The quantitative estimate of drug-likeness (QED) is 0.0930. The maximum Gasteiger partial charge on any atom is 0.619 e. The lowest BCUT2D eigenvalue weighted by Gasteiger charge is -2.25. The first-order valence-corrected chi connectivity index (χ1v) is 13.4. The summed E-state index contributed by atoms with van der Waals surface area (Å²) in [5.74, 6) is -3.36. The van der Waals surface area contributed by atoms with Crippen LogP contribution in [0.2, 0.25) is 0 Å². The molecule has 12 nitrogen and oxygen atoms in total. The van der Waals surface area contributed by atoms with Crippen molar-refractivity contribution in [3.05, 3.63) is 71.8 Å². The molecule has 2 atom stereocenters. The molecular formula is C30H33N4O8+. The molecule has 220 valence electrons. The van der Waals surface area contributed by atoms with Crippen LogP contribution in [-0.4, -0.2) is 68.3 Å². The van der Waals surface area contributed by atoms with Crippen LogP contribution in [0.15, 0.2) is 70.9 Å². The van der Waals surface area contributed by atoms with Crippen molar-refractivity contribution in [1.29, 1.82) is 0 Å². The van der Waals surface area contributed by atoms with Crippen LogP contribution in [0.3, 0.4) is 0 Å². The Morgan fingerprint density at radius 2 is 1.60 bits per heavy atom. The lowest BCUT2D eigenvalue weighted by atomic mass is 9.97. The molecule has 0 unspecified atom stereocenters. The Morgan fingerprint density at radius 3 is 2.31 bits per heavy atom. The van der Waals surface area contributed by atoms with Gasteiger partial charge in [0.05, 0.1) is 52.8 Å². The highest BCUT2D eigenvalue weighted by Gasteiger charge is 2.41. The monoisotopic (exact) mass is 577 g/mol. The molecule has 1 heterocycles. The summed E-state index contributed by atoms with van der Waals surface area (Å²) in [6.07, 6.45) is 5.63. The first kappa shape index (κ1) is 31.4. The summed E-state index contributed by atoms with van der Waals surface area (Å²) in [5.41, 5.74) is 3.73. The number of allylic oxidation sites excluding steroid dienone is 1. The van der Waals surface area contributed by atoms with Gasteiger partial charge in [0.1, 0.15) is 13.2 Å². The molecule has 3 rings (SSSR count). The van der Waals surface area contributed by atoms with Crippen LogP contribution in [0.1, 0.15) is 48.4 Å². The number of nitrogens with one attached hydrogen (secondary N) is 1. The second kappa shape index (κ2) is 15.6. The number of carbonyl (C=O) groups is 4. The van der Waals surface area contributed by atoms with Gasteiger partial charge in [0.2, 0.25) is 0 Å². The largest absolute Gasteiger partial charge is 0.619 e. The summed E-state index contributed by atoms with van der Waals surface area (Å²) in [4.78, 5) is 50.3. The summed E-state index contributed by atoms with van der Waals surface area (Å²) >= 11 is 0. The fraction of sp³-hybridized carbons (Fsp3) is 0.333. The van der Waals surface area contributed by atoms with Crippen LogP contribution in [0.25, 0.3) is 0 Å². The molecule has 2 aromatic carbocycles. The van der Waals surface area contributed by atoms with Crippen molar-refractivity contribution in [1.82, 2.24) is 0 Å². The topological polar surface area (TPSA) is 145 Å². The minimum atomic E-state index is -0.761. The van der Waals surface area contributed by atoms with E-state index in [0.717, 1.165) is 0 Å². The number of hydrogen-bond donors (Lipinski definition) is 1. The molecule has 12 heteroatoms. The number of rotatable bonds is 13. The first-order valence-electron chi connectivity index (χ1n) is 13.4. The molecule has 0 saturated heterocycles. The summed E-state index contributed by atoms with van der Waals surface area (Å²) in [7, 11) is 0. The zero-order valence-electron chi connectivity index (χ0n) is 23.9. The van der Waals surface area contributed by atoms with E-state index in [1.54, 1.807) is 75.4 Å². The molecule has 0 bridgehead atoms. The van der Waals surface area contributed by atoms with Gasteiger partial charge in [-0.1, -0.05) is 36.4 Å². The number of ether oxygens (including phenoxy) is 4. The van der Waals surface area contributed by atoms with E-state index in [0.29, 0.717) is 5.69 Å². The van der Waals surface area contributed by atoms with Crippen LogP contribution in [0.4, 0.5) is 11.4 Å². The number of hydrazone groups is 2. The molecule has 0 aliphatic carbocycles. The Bertz CT molecular complexity index is 1370. The summed E-state index contributed by atoms with van der Waals surface area (Å²) in [5, 5.41) is 9.72. The molecule has 0 amide bonds. The van der Waals surface area contributed by atoms with Gasteiger partial charge in [-0.15, -0.1) is 0 Å². The van der Waals surface area contributed by atoms with Crippen molar-refractivity contribution in [2.45, 2.75) is 33.7 Å². The number of benzene rings is 2. The third-order valence-electron chi connectivity index (χ3n) is 6.08. The van der Waals surface area contributed by atoms with E-state index in [1.807, 2.05) is 6.92 Å². The van der Waals surface area contributed by atoms with Crippen LogP contribution >= 0.6 is 0 Å². The normalized spacial score (nSPS) is 16.1. The van der Waals surface area contributed by atoms with Gasteiger partial charge < -0.3 is 18.9 Å². The molecule has 1 N–H and O–H groups in total. The molecule has 0 fully saturated rings. The number of nitrogens with zero attached hydrogens (tertiary/aromatic N) is 3. The Kier molecular flexibility index (Phi) is 11.7. The van der Waals surface area contributed by atoms with Crippen molar-refractivity contribution in [3.8, 4) is 0 Å². The maximum atomic E-state index is 13.1. The highest BCUT2D eigenvalue weighted by atomic mass is 16.5. The predicted molar refractivity (Wildman–Crippen MR) is 155 cm³/mol. The third kappa shape index (κ3) is 7.98. The van der Waals surface area contributed by atoms with Crippen LogP contribution < -0.4 is 10.4 Å². The predicted octanol–water partition coefficient (Wildman–Crippen LogP) is 3.86. The van der Waals surface area contributed by atoms with E-state index in [-0.39, 0.29) is 49.0 Å². The molecule has 42 heavy (non-hydrogen) atoms. The van der Waals surface area contributed by atoms with Crippen molar-refractivity contribution in [2.75, 3.05) is 36.9 Å². The van der Waals surface area contributed by atoms with Crippen molar-refractivity contribution in [2.24, 2.45) is 16.1 Å². The highest BCUT2D eigenvalue weighted by Crippen LogP contribution is 2.32. The number of hydrogen-bond acceptors (Lipinski definition) is 12. The zero-order chi connectivity index (χ0) is 30.5. The second-order valence-corrected chi connectivity index (χ2v) is 8.78. The molecule has 2 aromatic rings. The van der Waals surface area contributed by atoms with Gasteiger partial charge in [-0.05, 0) is 52.0 Å². The van der Waals surface area contributed by atoms with Crippen LogP contribution in [-0.2, 0) is 28.5 Å². The van der Waals surface area contributed by atoms with E-state index in [1.165, 1.54) is 11.1 Å². The molecule has 1 aliphatic rings. The van der Waals surface area contributed by atoms with E-state index in [4.69, 9.17) is 18.9 Å². The van der Waals surface area contributed by atoms with Gasteiger partial charge in [-0.3, -0.25) is 5.01 Å². The average Bonchev–Trinajstić information content (AvgIpc) is 3.32. The first-order chi connectivity index (χ1) is 20.3. The van der Waals surface area contributed by atoms with Gasteiger partial charge in [-0.2, -0.15) is 9.90 Å². The van der Waals surface area contributed by atoms with Gasteiger partial charge in [0, 0.05) is 0 Å². The van der Waals surface area contributed by atoms with Crippen molar-refractivity contribution in [3.63, 3.8) is 0 Å².